The Balaban J connectivity index is 2.27. The zero-order valence-electron chi connectivity index (χ0n) is 9.23. The summed E-state index contributed by atoms with van der Waals surface area (Å²) in [5.74, 6) is 0. The molecule has 0 aliphatic carbocycles. The van der Waals surface area contributed by atoms with Crippen LogP contribution in [0.4, 0.5) is 5.13 Å². The molecule has 1 N–H and O–H groups in total. The molecule has 0 fully saturated rings. The van der Waals surface area contributed by atoms with E-state index < -0.39 is 0 Å². The molecule has 0 saturated heterocycles. The molecule has 84 valence electrons. The molecule has 0 saturated carbocycles. The van der Waals surface area contributed by atoms with Crippen LogP contribution >= 0.6 is 23.6 Å². The fourth-order valence-corrected chi connectivity index (χ4v) is 2.96. The SMILES string of the molecule is CC(=S)Nc1nc2c(ccc3ccccc32)s1. The zero-order valence-corrected chi connectivity index (χ0v) is 10.9. The van der Waals surface area contributed by atoms with Crippen molar-refractivity contribution in [3.8, 4) is 0 Å². The summed E-state index contributed by atoms with van der Waals surface area (Å²) in [5, 5.41) is 6.37. The van der Waals surface area contributed by atoms with E-state index in [4.69, 9.17) is 12.2 Å². The van der Waals surface area contributed by atoms with Crippen LogP contribution in [-0.2, 0) is 0 Å². The Morgan fingerprint density at radius 2 is 2.06 bits per heavy atom. The van der Waals surface area contributed by atoms with E-state index in [0.29, 0.717) is 0 Å². The van der Waals surface area contributed by atoms with Gasteiger partial charge in [-0.05, 0) is 18.4 Å². The van der Waals surface area contributed by atoms with Crippen molar-refractivity contribution in [1.82, 2.24) is 4.98 Å². The Bertz CT molecular complexity index is 716. The van der Waals surface area contributed by atoms with E-state index in [-0.39, 0.29) is 0 Å². The maximum atomic E-state index is 5.03. The second kappa shape index (κ2) is 4.05. The minimum atomic E-state index is 0.744. The maximum Gasteiger partial charge on any atom is 0.188 e. The van der Waals surface area contributed by atoms with Gasteiger partial charge in [-0.3, -0.25) is 0 Å². The third kappa shape index (κ3) is 1.90. The molecule has 0 aliphatic heterocycles. The molecule has 1 aromatic heterocycles. The summed E-state index contributed by atoms with van der Waals surface area (Å²) in [6, 6.07) is 12.5. The number of nitrogens with one attached hydrogen (secondary N) is 1. The lowest BCUT2D eigenvalue weighted by molar-refractivity contribution is 1.49. The van der Waals surface area contributed by atoms with E-state index in [1.807, 2.05) is 19.1 Å². The first-order valence-electron chi connectivity index (χ1n) is 5.30. The van der Waals surface area contributed by atoms with Gasteiger partial charge in [-0.15, -0.1) is 0 Å². The molecule has 0 amide bonds. The predicted molar refractivity (Wildman–Crippen MR) is 79.0 cm³/mol. The highest BCUT2D eigenvalue weighted by atomic mass is 32.1. The van der Waals surface area contributed by atoms with Gasteiger partial charge in [-0.1, -0.05) is 53.9 Å². The highest BCUT2D eigenvalue weighted by Gasteiger charge is 2.06. The average molecular weight is 258 g/mol. The number of nitrogens with zero attached hydrogens (tertiary/aromatic N) is 1. The molecule has 17 heavy (non-hydrogen) atoms. The van der Waals surface area contributed by atoms with E-state index in [1.165, 1.54) is 15.5 Å². The Morgan fingerprint density at radius 1 is 1.24 bits per heavy atom. The monoisotopic (exact) mass is 258 g/mol. The molecule has 0 atom stereocenters. The summed E-state index contributed by atoms with van der Waals surface area (Å²) in [6.45, 7) is 1.86. The van der Waals surface area contributed by atoms with Crippen LogP contribution in [0.3, 0.4) is 0 Å². The van der Waals surface area contributed by atoms with E-state index in [1.54, 1.807) is 11.3 Å². The Hall–Kier alpha value is -1.52. The molecule has 0 bridgehead atoms. The Morgan fingerprint density at radius 3 is 2.88 bits per heavy atom. The minimum absolute atomic E-state index is 0.744. The second-order valence-corrected chi connectivity index (χ2v) is 5.48. The first kappa shape index (κ1) is 10.6. The molecule has 0 spiro atoms. The topological polar surface area (TPSA) is 24.9 Å². The molecule has 0 unspecified atom stereocenters. The van der Waals surface area contributed by atoms with Crippen molar-refractivity contribution < 1.29 is 0 Å². The number of thiocarbonyl (C=S) groups is 1. The molecule has 4 heteroatoms. The van der Waals surface area contributed by atoms with E-state index in [0.717, 1.165) is 15.6 Å². The van der Waals surface area contributed by atoms with Crippen LogP contribution in [0.15, 0.2) is 36.4 Å². The van der Waals surface area contributed by atoms with Gasteiger partial charge in [0.15, 0.2) is 5.13 Å². The van der Waals surface area contributed by atoms with Crippen molar-refractivity contribution in [3.05, 3.63) is 36.4 Å². The number of thiazole rings is 1. The van der Waals surface area contributed by atoms with E-state index in [9.17, 15) is 0 Å². The number of benzene rings is 2. The molecular formula is C13H10N2S2. The molecule has 0 radical (unpaired) electrons. The van der Waals surface area contributed by atoms with Gasteiger partial charge in [0.05, 0.1) is 15.2 Å². The van der Waals surface area contributed by atoms with E-state index >= 15 is 0 Å². The Kier molecular flexibility index (Phi) is 2.53. The van der Waals surface area contributed by atoms with Gasteiger partial charge in [0.25, 0.3) is 0 Å². The number of aromatic nitrogens is 1. The summed E-state index contributed by atoms with van der Waals surface area (Å²) < 4.78 is 1.18. The van der Waals surface area contributed by atoms with Crippen molar-refractivity contribution in [2.75, 3.05) is 5.32 Å². The fourth-order valence-electron chi connectivity index (χ4n) is 1.87. The van der Waals surface area contributed by atoms with Crippen molar-refractivity contribution in [1.29, 1.82) is 0 Å². The van der Waals surface area contributed by atoms with Crippen molar-refractivity contribution in [3.63, 3.8) is 0 Å². The van der Waals surface area contributed by atoms with Gasteiger partial charge in [0.2, 0.25) is 0 Å². The first-order chi connectivity index (χ1) is 8.24. The van der Waals surface area contributed by atoms with Crippen molar-refractivity contribution in [2.24, 2.45) is 0 Å². The first-order valence-corrected chi connectivity index (χ1v) is 6.52. The fraction of sp³-hybridized carbons (Fsp3) is 0.0769. The molecular weight excluding hydrogens is 248 g/mol. The molecule has 0 aliphatic rings. The number of hydrogen-bond donors (Lipinski definition) is 1. The van der Waals surface area contributed by atoms with Crippen LogP contribution in [-0.4, -0.2) is 9.97 Å². The average Bonchev–Trinajstić information content (AvgIpc) is 2.70. The standard InChI is InChI=1S/C13H10N2S2/c1-8(16)14-13-15-12-10-5-3-2-4-9(10)6-7-11(12)17-13/h2-7H,1H3,(H,14,15,16). The summed E-state index contributed by atoms with van der Waals surface area (Å²) >= 11 is 6.66. The third-order valence-corrected chi connectivity index (χ3v) is 3.60. The molecule has 3 aromatic rings. The third-order valence-electron chi connectivity index (χ3n) is 2.57. The van der Waals surface area contributed by atoms with Crippen LogP contribution in [0.2, 0.25) is 0 Å². The zero-order chi connectivity index (χ0) is 11.8. The quantitative estimate of drug-likeness (QED) is 0.662. The predicted octanol–water partition coefficient (Wildman–Crippen LogP) is 4.21. The van der Waals surface area contributed by atoms with Crippen molar-refractivity contribution in [2.45, 2.75) is 6.92 Å². The maximum absolute atomic E-state index is 5.03. The van der Waals surface area contributed by atoms with Crippen LogP contribution in [0.5, 0.6) is 0 Å². The summed E-state index contributed by atoms with van der Waals surface area (Å²) in [7, 11) is 0. The molecule has 2 nitrogen and oxygen atoms in total. The van der Waals surface area contributed by atoms with Gasteiger partial charge >= 0.3 is 0 Å². The molecule has 3 rings (SSSR count). The summed E-state index contributed by atoms with van der Waals surface area (Å²) in [5.41, 5.74) is 1.05. The minimum Gasteiger partial charge on any atom is -0.326 e. The van der Waals surface area contributed by atoms with Crippen LogP contribution < -0.4 is 5.32 Å². The summed E-state index contributed by atoms with van der Waals surface area (Å²) in [6.07, 6.45) is 0. The van der Waals surface area contributed by atoms with Crippen LogP contribution in [0.1, 0.15) is 6.92 Å². The number of fused-ring (bicyclic) bond motifs is 3. The lowest BCUT2D eigenvalue weighted by Crippen LogP contribution is -2.02. The largest absolute Gasteiger partial charge is 0.326 e. The van der Waals surface area contributed by atoms with Gasteiger partial charge in [0, 0.05) is 5.39 Å². The number of rotatable bonds is 1. The smallest absolute Gasteiger partial charge is 0.188 e. The van der Waals surface area contributed by atoms with Gasteiger partial charge in [0.1, 0.15) is 0 Å². The lowest BCUT2D eigenvalue weighted by Gasteiger charge is -1.96. The molecule has 2 aromatic carbocycles. The van der Waals surface area contributed by atoms with Gasteiger partial charge < -0.3 is 5.32 Å². The second-order valence-electron chi connectivity index (χ2n) is 3.83. The molecule has 1 heterocycles. The van der Waals surface area contributed by atoms with Crippen LogP contribution in [0.25, 0.3) is 21.0 Å². The van der Waals surface area contributed by atoms with Gasteiger partial charge in [-0.2, -0.15) is 0 Å². The highest BCUT2D eigenvalue weighted by Crippen LogP contribution is 2.31. The lowest BCUT2D eigenvalue weighted by atomic mass is 10.1. The van der Waals surface area contributed by atoms with Gasteiger partial charge in [-0.25, -0.2) is 4.98 Å². The van der Waals surface area contributed by atoms with Crippen LogP contribution in [0, 0.1) is 0 Å². The number of hydrogen-bond acceptors (Lipinski definition) is 3. The van der Waals surface area contributed by atoms with E-state index in [2.05, 4.69) is 34.6 Å². The number of anilines is 1. The van der Waals surface area contributed by atoms with Crippen molar-refractivity contribution >= 4 is 54.7 Å². The Labute approximate surface area is 108 Å². The highest BCUT2D eigenvalue weighted by molar-refractivity contribution is 7.80. The normalized spacial score (nSPS) is 10.9. The summed E-state index contributed by atoms with van der Waals surface area (Å²) in [4.78, 5) is 5.34.